The van der Waals surface area contributed by atoms with Crippen molar-refractivity contribution in [3.63, 3.8) is 0 Å². The number of carbonyl (C=O) groups excluding carboxylic acids is 1. The third kappa shape index (κ3) is 4.47. The summed E-state index contributed by atoms with van der Waals surface area (Å²) >= 11 is 0. The molecule has 1 saturated heterocycles. The molecule has 0 spiro atoms. The molecule has 1 saturated carbocycles. The molecule has 0 radical (unpaired) electrons. The molecule has 2 aliphatic carbocycles. The second-order valence-corrected chi connectivity index (χ2v) is 11.3. The number of fused-ring (bicyclic) bond motifs is 1. The second kappa shape index (κ2) is 9.28. The number of hydrogen-bond donors (Lipinski definition) is 1. The molecule has 1 aromatic carbocycles. The average molecular weight is 542 g/mol. The summed E-state index contributed by atoms with van der Waals surface area (Å²) in [5.41, 5.74) is 0.894. The van der Waals surface area contributed by atoms with E-state index >= 15 is 4.39 Å². The lowest BCUT2D eigenvalue weighted by Gasteiger charge is -2.18. The quantitative estimate of drug-likeness (QED) is 0.449. The molecule has 12 heteroatoms. The lowest BCUT2D eigenvalue weighted by atomic mass is 9.96. The number of allylic oxidation sites excluding steroid dienone is 2. The first-order chi connectivity index (χ1) is 18.2. The normalized spacial score (nSPS) is 19.3. The predicted octanol–water partition coefficient (Wildman–Crippen LogP) is 4.22. The molecule has 0 unspecified atom stereocenters. The number of hydrogen-bond acceptors (Lipinski definition) is 6. The SMILES string of the molecule is O=C(C1=CCc2ncc(-c3cnc(C4CC4)nc3)cc21)c1c(F)ccc(NS(=O)(=O)N2CC[C@@H](F)C2)c1F. The number of ketones is 1. The van der Waals surface area contributed by atoms with Gasteiger partial charge in [0.1, 0.15) is 17.8 Å². The fourth-order valence-electron chi connectivity index (χ4n) is 4.69. The number of rotatable bonds is 7. The van der Waals surface area contributed by atoms with Gasteiger partial charge in [0.25, 0.3) is 0 Å². The van der Waals surface area contributed by atoms with E-state index in [1.807, 2.05) is 4.72 Å². The predicted molar refractivity (Wildman–Crippen MR) is 133 cm³/mol. The van der Waals surface area contributed by atoms with Gasteiger partial charge in [-0.05, 0) is 37.5 Å². The number of carbonyl (C=O) groups is 1. The van der Waals surface area contributed by atoms with Crippen LogP contribution >= 0.6 is 0 Å². The van der Waals surface area contributed by atoms with Gasteiger partial charge in [-0.3, -0.25) is 14.5 Å². The van der Waals surface area contributed by atoms with Crippen LogP contribution in [0.25, 0.3) is 16.7 Å². The van der Waals surface area contributed by atoms with Crippen molar-refractivity contribution in [2.45, 2.75) is 37.8 Å². The lowest BCUT2D eigenvalue weighted by Crippen LogP contribution is -2.34. The van der Waals surface area contributed by atoms with E-state index in [2.05, 4.69) is 15.0 Å². The summed E-state index contributed by atoms with van der Waals surface area (Å²) < 4.78 is 71.8. The van der Waals surface area contributed by atoms with Gasteiger partial charge in [0.05, 0.1) is 16.9 Å². The van der Waals surface area contributed by atoms with Gasteiger partial charge >= 0.3 is 10.2 Å². The summed E-state index contributed by atoms with van der Waals surface area (Å²) in [4.78, 5) is 26.6. The van der Waals surface area contributed by atoms with Gasteiger partial charge in [0.15, 0.2) is 11.6 Å². The molecule has 6 rings (SSSR count). The standard InChI is InChI=1S/C26H22F3N5O3S/c27-17-7-8-34(13-17)38(36,37)33-22-6-4-20(28)23(24(22)29)25(35)18-3-5-21-19(18)9-15(10-30-21)16-11-31-26(32-12-16)14-1-2-14/h3-4,6,9-12,14,17,33H,1-2,5,7-8,13H2/t17-/m1/s1. The zero-order valence-electron chi connectivity index (χ0n) is 20.0. The maximum absolute atomic E-state index is 15.4. The number of anilines is 1. The number of alkyl halides is 1. The maximum atomic E-state index is 15.4. The number of benzene rings is 1. The Morgan fingerprint density at radius 3 is 2.45 bits per heavy atom. The molecule has 8 nitrogen and oxygen atoms in total. The van der Waals surface area contributed by atoms with Crippen LogP contribution in [0.15, 0.2) is 42.9 Å². The minimum atomic E-state index is -4.30. The molecule has 1 N–H and O–H groups in total. The number of halogens is 3. The molecule has 196 valence electrons. The van der Waals surface area contributed by atoms with Crippen LogP contribution in [-0.2, 0) is 16.6 Å². The second-order valence-electron chi connectivity index (χ2n) is 9.61. The number of nitrogens with zero attached hydrogens (tertiary/aromatic N) is 4. The molecule has 3 aromatic rings. The average Bonchev–Trinajstić information content (AvgIpc) is 3.51. The summed E-state index contributed by atoms with van der Waals surface area (Å²) in [7, 11) is -4.30. The highest BCUT2D eigenvalue weighted by atomic mass is 32.2. The molecule has 3 aliphatic rings. The minimum absolute atomic E-state index is 0.0247. The van der Waals surface area contributed by atoms with E-state index in [4.69, 9.17) is 0 Å². The zero-order valence-corrected chi connectivity index (χ0v) is 20.8. The molecule has 1 atom stereocenters. The van der Waals surface area contributed by atoms with Crippen molar-refractivity contribution in [1.29, 1.82) is 0 Å². The molecule has 3 heterocycles. The Bertz CT molecular complexity index is 1590. The van der Waals surface area contributed by atoms with E-state index in [1.165, 1.54) is 6.08 Å². The van der Waals surface area contributed by atoms with Crippen LogP contribution in [0.2, 0.25) is 0 Å². The molecular formula is C26H22F3N5O3S. The van der Waals surface area contributed by atoms with Crippen LogP contribution in [0.5, 0.6) is 0 Å². The monoisotopic (exact) mass is 541 g/mol. The van der Waals surface area contributed by atoms with E-state index in [9.17, 15) is 22.0 Å². The first-order valence-corrected chi connectivity index (χ1v) is 13.6. The van der Waals surface area contributed by atoms with Crippen LogP contribution in [-0.4, -0.2) is 52.7 Å². The van der Waals surface area contributed by atoms with Crippen molar-refractivity contribution in [3.8, 4) is 11.1 Å². The largest absolute Gasteiger partial charge is 0.301 e. The summed E-state index contributed by atoms with van der Waals surface area (Å²) in [6, 6.07) is 3.42. The van der Waals surface area contributed by atoms with Crippen molar-refractivity contribution in [3.05, 3.63) is 77.1 Å². The van der Waals surface area contributed by atoms with Gasteiger partial charge in [-0.2, -0.15) is 12.7 Å². The van der Waals surface area contributed by atoms with E-state index in [0.717, 1.165) is 35.1 Å². The van der Waals surface area contributed by atoms with Gasteiger partial charge < -0.3 is 0 Å². The van der Waals surface area contributed by atoms with Crippen molar-refractivity contribution < 1.29 is 26.4 Å². The van der Waals surface area contributed by atoms with Gasteiger partial charge in [-0.15, -0.1) is 0 Å². The van der Waals surface area contributed by atoms with Gasteiger partial charge in [-0.25, -0.2) is 23.1 Å². The molecule has 2 aromatic heterocycles. The summed E-state index contributed by atoms with van der Waals surface area (Å²) in [5.74, 6) is -2.24. The first-order valence-electron chi connectivity index (χ1n) is 12.2. The highest BCUT2D eigenvalue weighted by molar-refractivity contribution is 7.90. The fraction of sp³-hybridized carbons (Fsp3) is 0.308. The summed E-state index contributed by atoms with van der Waals surface area (Å²) in [6.45, 7) is -0.435. The van der Waals surface area contributed by atoms with Crippen molar-refractivity contribution in [2.75, 3.05) is 17.8 Å². The highest BCUT2D eigenvalue weighted by Crippen LogP contribution is 2.38. The Hall–Kier alpha value is -3.64. The van der Waals surface area contributed by atoms with E-state index in [1.54, 1.807) is 24.7 Å². The smallest absolute Gasteiger partial charge is 0.288 e. The topological polar surface area (TPSA) is 105 Å². The first kappa shape index (κ1) is 24.7. The highest BCUT2D eigenvalue weighted by Gasteiger charge is 2.34. The Morgan fingerprint density at radius 1 is 1.03 bits per heavy atom. The van der Waals surface area contributed by atoms with Crippen molar-refractivity contribution in [2.24, 2.45) is 0 Å². The Kier molecular flexibility index (Phi) is 6.03. The van der Waals surface area contributed by atoms with E-state index in [-0.39, 0.29) is 25.1 Å². The number of Topliss-reactive ketones (excluding diaryl/α,β-unsaturated/α-hetero) is 1. The summed E-state index contributed by atoms with van der Waals surface area (Å²) in [6.07, 6.45) is 7.68. The molecule has 1 aliphatic heterocycles. The Morgan fingerprint density at radius 2 is 1.76 bits per heavy atom. The van der Waals surface area contributed by atoms with Crippen LogP contribution in [0.4, 0.5) is 18.9 Å². The van der Waals surface area contributed by atoms with E-state index < -0.39 is 45.0 Å². The lowest BCUT2D eigenvalue weighted by molar-refractivity contribution is 0.104. The van der Waals surface area contributed by atoms with Crippen LogP contribution < -0.4 is 4.72 Å². The van der Waals surface area contributed by atoms with Gasteiger partial charge in [0.2, 0.25) is 0 Å². The Labute approximate surface area is 216 Å². The van der Waals surface area contributed by atoms with Crippen LogP contribution in [0.3, 0.4) is 0 Å². The minimum Gasteiger partial charge on any atom is -0.288 e. The molecule has 2 fully saturated rings. The third-order valence-electron chi connectivity index (χ3n) is 6.94. The van der Waals surface area contributed by atoms with Crippen molar-refractivity contribution in [1.82, 2.24) is 19.3 Å². The molecule has 0 amide bonds. The zero-order chi connectivity index (χ0) is 26.6. The maximum Gasteiger partial charge on any atom is 0.301 e. The number of aromatic nitrogens is 3. The Balaban J connectivity index is 1.29. The van der Waals surface area contributed by atoms with Crippen LogP contribution in [0, 0.1) is 11.6 Å². The van der Waals surface area contributed by atoms with Crippen LogP contribution in [0.1, 0.15) is 52.6 Å². The van der Waals surface area contributed by atoms with Gasteiger partial charge in [-0.1, -0.05) is 6.08 Å². The number of nitrogens with one attached hydrogen (secondary N) is 1. The summed E-state index contributed by atoms with van der Waals surface area (Å²) in [5, 5.41) is 0. The third-order valence-corrected chi connectivity index (χ3v) is 8.43. The molecule has 0 bridgehead atoms. The van der Waals surface area contributed by atoms with Crippen molar-refractivity contribution >= 4 is 27.3 Å². The fourth-order valence-corrected chi connectivity index (χ4v) is 5.96. The van der Waals surface area contributed by atoms with E-state index in [0.29, 0.717) is 34.7 Å². The molecule has 38 heavy (non-hydrogen) atoms. The number of pyridine rings is 1. The molecular weight excluding hydrogens is 519 g/mol. The van der Waals surface area contributed by atoms with Gasteiger partial charge in [0, 0.05) is 66.3 Å².